The number of primary amides is 1. The minimum Gasteiger partial charge on any atom is -0.488 e. The maximum Gasteiger partial charge on any atom is 0.255 e. The van der Waals surface area contributed by atoms with Crippen molar-refractivity contribution in [2.75, 3.05) is 0 Å². The number of carbonyl (C=O) groups is 1. The summed E-state index contributed by atoms with van der Waals surface area (Å²) in [6, 6.07) is 9.47. The number of ether oxygens (including phenoxy) is 1. The van der Waals surface area contributed by atoms with Gasteiger partial charge in [0, 0.05) is 0 Å². The van der Waals surface area contributed by atoms with Gasteiger partial charge in [0.1, 0.15) is 35.6 Å². The summed E-state index contributed by atoms with van der Waals surface area (Å²) < 4.78 is 32.0. The number of hydrogen-bond acceptors (Lipinski definition) is 3. The first-order chi connectivity index (χ1) is 10.0. The highest BCUT2D eigenvalue weighted by atomic mass is 19.1. The van der Waals surface area contributed by atoms with Crippen LogP contribution in [-0.4, -0.2) is 5.91 Å². The predicted molar refractivity (Wildman–Crippen MR) is 70.4 cm³/mol. The first kappa shape index (κ1) is 14.5. The number of benzene rings is 2. The molecule has 1 amide bonds. The minimum atomic E-state index is -0.945. The van der Waals surface area contributed by atoms with Gasteiger partial charge in [-0.15, -0.1) is 0 Å². The van der Waals surface area contributed by atoms with E-state index in [9.17, 15) is 13.6 Å². The molecular formula is C15H10F2N2O2. The van der Waals surface area contributed by atoms with E-state index in [-0.39, 0.29) is 23.5 Å². The molecule has 0 atom stereocenters. The number of carbonyl (C=O) groups excluding carboxylic acids is 1. The Hall–Kier alpha value is -2.94. The van der Waals surface area contributed by atoms with Gasteiger partial charge in [-0.3, -0.25) is 4.79 Å². The zero-order valence-electron chi connectivity index (χ0n) is 10.8. The molecule has 2 aromatic carbocycles. The van der Waals surface area contributed by atoms with Crippen LogP contribution in [0.1, 0.15) is 21.5 Å². The molecule has 0 saturated carbocycles. The van der Waals surface area contributed by atoms with Crippen molar-refractivity contribution >= 4 is 5.91 Å². The monoisotopic (exact) mass is 288 g/mol. The third-order valence-corrected chi connectivity index (χ3v) is 2.77. The zero-order valence-corrected chi connectivity index (χ0v) is 10.8. The second-order valence-electron chi connectivity index (χ2n) is 4.19. The molecule has 0 saturated heterocycles. The van der Waals surface area contributed by atoms with Gasteiger partial charge in [-0.25, -0.2) is 8.78 Å². The van der Waals surface area contributed by atoms with Gasteiger partial charge in [0.25, 0.3) is 5.91 Å². The molecule has 0 unspecified atom stereocenters. The number of nitriles is 1. The number of nitrogens with two attached hydrogens (primary N) is 1. The minimum absolute atomic E-state index is 0.00895. The molecule has 0 heterocycles. The van der Waals surface area contributed by atoms with Crippen molar-refractivity contribution in [2.45, 2.75) is 6.61 Å². The summed E-state index contributed by atoms with van der Waals surface area (Å²) in [7, 11) is 0. The lowest BCUT2D eigenvalue weighted by Gasteiger charge is -2.10. The first-order valence-electron chi connectivity index (χ1n) is 5.92. The number of nitrogens with zero attached hydrogens (tertiary/aromatic N) is 1. The number of hydrogen-bond donors (Lipinski definition) is 1. The Morgan fingerprint density at radius 3 is 2.67 bits per heavy atom. The fraction of sp³-hybridized carbons (Fsp3) is 0.0667. The molecule has 2 N–H and O–H groups in total. The summed E-state index contributed by atoms with van der Waals surface area (Å²) in [5.41, 5.74) is 5.14. The Balaban J connectivity index is 2.23. The van der Waals surface area contributed by atoms with Crippen molar-refractivity contribution < 1.29 is 18.3 Å². The van der Waals surface area contributed by atoms with Crippen LogP contribution in [0.25, 0.3) is 0 Å². The molecule has 106 valence electrons. The van der Waals surface area contributed by atoms with E-state index in [2.05, 4.69) is 0 Å². The van der Waals surface area contributed by atoms with Crippen LogP contribution in [0.3, 0.4) is 0 Å². The van der Waals surface area contributed by atoms with Gasteiger partial charge in [-0.2, -0.15) is 5.26 Å². The highest BCUT2D eigenvalue weighted by Crippen LogP contribution is 2.22. The van der Waals surface area contributed by atoms with E-state index in [4.69, 9.17) is 15.7 Å². The van der Waals surface area contributed by atoms with E-state index in [0.29, 0.717) is 5.56 Å². The van der Waals surface area contributed by atoms with E-state index in [0.717, 1.165) is 12.1 Å². The molecule has 2 rings (SSSR count). The highest BCUT2D eigenvalue weighted by Gasteiger charge is 2.15. The van der Waals surface area contributed by atoms with Gasteiger partial charge in [-0.05, 0) is 29.8 Å². The molecule has 0 radical (unpaired) electrons. The van der Waals surface area contributed by atoms with Crippen LogP contribution in [-0.2, 0) is 6.61 Å². The number of rotatable bonds is 4. The standard InChI is InChI=1S/C15H10F2N2O2/c16-11-5-4-9(6-10(11)7-18)8-21-13-3-1-2-12(17)14(13)15(19)20/h1-6H,8H2,(H2,19,20). The Bertz CT molecular complexity index is 739. The Morgan fingerprint density at radius 1 is 1.24 bits per heavy atom. The van der Waals surface area contributed by atoms with Crippen molar-refractivity contribution in [2.24, 2.45) is 5.73 Å². The molecule has 2 aromatic rings. The summed E-state index contributed by atoms with van der Waals surface area (Å²) in [6.45, 7) is -0.0569. The molecular weight excluding hydrogens is 278 g/mol. The lowest BCUT2D eigenvalue weighted by molar-refractivity contribution is 0.0991. The molecule has 6 heteroatoms. The fourth-order valence-corrected chi connectivity index (χ4v) is 1.77. The van der Waals surface area contributed by atoms with Crippen molar-refractivity contribution in [1.82, 2.24) is 0 Å². The Labute approximate surface area is 119 Å². The molecule has 0 aliphatic rings. The van der Waals surface area contributed by atoms with Crippen molar-refractivity contribution in [1.29, 1.82) is 5.26 Å². The van der Waals surface area contributed by atoms with Crippen LogP contribution >= 0.6 is 0 Å². The van der Waals surface area contributed by atoms with Gasteiger partial charge in [0.15, 0.2) is 0 Å². The van der Waals surface area contributed by atoms with Gasteiger partial charge in [-0.1, -0.05) is 12.1 Å². The Kier molecular flexibility index (Phi) is 4.14. The molecule has 0 bridgehead atoms. The summed E-state index contributed by atoms with van der Waals surface area (Å²) >= 11 is 0. The summed E-state index contributed by atoms with van der Waals surface area (Å²) in [4.78, 5) is 11.2. The van der Waals surface area contributed by atoms with Crippen LogP contribution < -0.4 is 10.5 Å². The lowest BCUT2D eigenvalue weighted by atomic mass is 10.1. The molecule has 0 aliphatic carbocycles. The maximum absolute atomic E-state index is 13.5. The van der Waals surface area contributed by atoms with Crippen LogP contribution in [0.5, 0.6) is 5.75 Å². The molecule has 4 nitrogen and oxygen atoms in total. The maximum atomic E-state index is 13.5. The molecule has 0 spiro atoms. The van der Waals surface area contributed by atoms with Crippen LogP contribution in [0.2, 0.25) is 0 Å². The van der Waals surface area contributed by atoms with E-state index in [1.165, 1.54) is 24.3 Å². The smallest absolute Gasteiger partial charge is 0.255 e. The topological polar surface area (TPSA) is 76.1 Å². The average Bonchev–Trinajstić information content (AvgIpc) is 2.46. The van der Waals surface area contributed by atoms with Crippen LogP contribution in [0.4, 0.5) is 8.78 Å². The van der Waals surface area contributed by atoms with Crippen molar-refractivity contribution in [3.05, 3.63) is 64.7 Å². The lowest BCUT2D eigenvalue weighted by Crippen LogP contribution is -2.15. The number of amides is 1. The normalized spacial score (nSPS) is 9.95. The predicted octanol–water partition coefficient (Wildman–Crippen LogP) is 2.51. The molecule has 0 aliphatic heterocycles. The first-order valence-corrected chi connectivity index (χ1v) is 5.92. The largest absolute Gasteiger partial charge is 0.488 e. The van der Waals surface area contributed by atoms with Crippen LogP contribution in [0, 0.1) is 23.0 Å². The van der Waals surface area contributed by atoms with E-state index in [1.54, 1.807) is 6.07 Å². The van der Waals surface area contributed by atoms with Crippen molar-refractivity contribution in [3.63, 3.8) is 0 Å². The highest BCUT2D eigenvalue weighted by molar-refractivity contribution is 5.95. The molecule has 0 fully saturated rings. The SMILES string of the molecule is N#Cc1cc(COc2cccc(F)c2C(N)=O)ccc1F. The van der Waals surface area contributed by atoms with Gasteiger partial charge in [0.2, 0.25) is 0 Å². The Morgan fingerprint density at radius 2 is 2.00 bits per heavy atom. The second-order valence-corrected chi connectivity index (χ2v) is 4.19. The van der Waals surface area contributed by atoms with E-state index >= 15 is 0 Å². The zero-order chi connectivity index (χ0) is 15.4. The quantitative estimate of drug-likeness (QED) is 0.939. The van der Waals surface area contributed by atoms with Gasteiger partial charge in [0.05, 0.1) is 5.56 Å². The second kappa shape index (κ2) is 6.01. The molecule has 0 aromatic heterocycles. The van der Waals surface area contributed by atoms with E-state index in [1.807, 2.05) is 0 Å². The van der Waals surface area contributed by atoms with Gasteiger partial charge < -0.3 is 10.5 Å². The third kappa shape index (κ3) is 3.15. The average molecular weight is 288 g/mol. The van der Waals surface area contributed by atoms with Gasteiger partial charge >= 0.3 is 0 Å². The van der Waals surface area contributed by atoms with Crippen LogP contribution in [0.15, 0.2) is 36.4 Å². The number of halogens is 2. The van der Waals surface area contributed by atoms with E-state index < -0.39 is 17.5 Å². The third-order valence-electron chi connectivity index (χ3n) is 2.77. The fourth-order valence-electron chi connectivity index (χ4n) is 1.77. The molecule has 21 heavy (non-hydrogen) atoms. The summed E-state index contributed by atoms with van der Waals surface area (Å²) in [6.07, 6.45) is 0. The van der Waals surface area contributed by atoms with Crippen molar-refractivity contribution in [3.8, 4) is 11.8 Å². The summed E-state index contributed by atoms with van der Waals surface area (Å²) in [5.74, 6) is -2.37. The summed E-state index contributed by atoms with van der Waals surface area (Å²) in [5, 5.41) is 8.74.